The van der Waals surface area contributed by atoms with Gasteiger partial charge in [0.25, 0.3) is 0 Å². The molecule has 0 spiro atoms. The van der Waals surface area contributed by atoms with E-state index in [2.05, 4.69) is 5.32 Å². The van der Waals surface area contributed by atoms with E-state index in [0.29, 0.717) is 0 Å². The van der Waals surface area contributed by atoms with Crippen molar-refractivity contribution in [2.75, 3.05) is 13.2 Å². The van der Waals surface area contributed by atoms with E-state index in [-0.39, 0.29) is 12.8 Å². The number of aliphatic carboxylic acids is 1. The van der Waals surface area contributed by atoms with Gasteiger partial charge in [0, 0.05) is 6.42 Å². The number of carboxylic acid groups (broad SMARTS) is 1. The number of aliphatic hydroxyl groups is 4. The predicted molar refractivity (Wildman–Crippen MR) is 66.8 cm³/mol. The number of carboxylic acids is 1. The van der Waals surface area contributed by atoms with Crippen LogP contribution in [-0.4, -0.2) is 80.7 Å². The van der Waals surface area contributed by atoms with Gasteiger partial charge in [-0.15, -0.1) is 0 Å². The third-order valence-corrected chi connectivity index (χ3v) is 3.26. The van der Waals surface area contributed by atoms with E-state index in [0.717, 1.165) is 0 Å². The van der Waals surface area contributed by atoms with E-state index in [1.165, 1.54) is 0 Å². The average molecular weight is 308 g/mol. The minimum Gasteiger partial charge on any atom is -0.480 e. The van der Waals surface area contributed by atoms with Crippen LogP contribution in [0.5, 0.6) is 0 Å². The van der Waals surface area contributed by atoms with Crippen LogP contribution in [0.1, 0.15) is 12.8 Å². The molecule has 1 fully saturated rings. The number of hydrogen-bond acceptors (Lipinski definition) is 8. The fourth-order valence-electron chi connectivity index (χ4n) is 1.92. The number of nitrogens with two attached hydrogens (primary N) is 1. The van der Waals surface area contributed by atoms with Crippen LogP contribution in [0.3, 0.4) is 0 Å². The van der Waals surface area contributed by atoms with E-state index in [1.807, 2.05) is 0 Å². The molecule has 1 rings (SSSR count). The number of primary amides is 1. The van der Waals surface area contributed by atoms with Gasteiger partial charge in [0.2, 0.25) is 11.7 Å². The van der Waals surface area contributed by atoms with Gasteiger partial charge in [0.15, 0.2) is 0 Å². The molecule has 10 heteroatoms. The fourth-order valence-corrected chi connectivity index (χ4v) is 1.92. The molecule has 0 aromatic heterocycles. The van der Waals surface area contributed by atoms with Crippen molar-refractivity contribution in [2.24, 2.45) is 5.73 Å². The second kappa shape index (κ2) is 7.11. The molecule has 21 heavy (non-hydrogen) atoms. The summed E-state index contributed by atoms with van der Waals surface area (Å²) in [6, 6.07) is -1.19. The van der Waals surface area contributed by atoms with Crippen LogP contribution in [0.25, 0.3) is 0 Å². The zero-order valence-corrected chi connectivity index (χ0v) is 11.2. The Balaban J connectivity index is 2.61. The standard InChI is InChI=1S/C11H20N2O8/c12-7(15)2-1-5(10(18)19)13-4-11(20)9(17)8(16)6(14)3-21-11/h5-6,8-9,13-14,16-17,20H,1-4H2,(H2,12,15)(H,18,19)/t5-,6+,8-,9?,11?/m0/s1. The van der Waals surface area contributed by atoms with Crippen molar-refractivity contribution < 1.29 is 39.9 Å². The van der Waals surface area contributed by atoms with Crippen molar-refractivity contribution in [3.63, 3.8) is 0 Å². The van der Waals surface area contributed by atoms with Gasteiger partial charge < -0.3 is 36.0 Å². The normalized spacial score (nSPS) is 34.4. The number of hydrogen-bond donors (Lipinski definition) is 7. The largest absolute Gasteiger partial charge is 0.480 e. The molecule has 10 nitrogen and oxygen atoms in total. The molecule has 0 aromatic carbocycles. The highest BCUT2D eigenvalue weighted by Crippen LogP contribution is 2.23. The zero-order chi connectivity index (χ0) is 16.2. The van der Waals surface area contributed by atoms with Crippen molar-refractivity contribution in [3.05, 3.63) is 0 Å². The van der Waals surface area contributed by atoms with Gasteiger partial charge in [0.05, 0.1) is 13.2 Å². The van der Waals surface area contributed by atoms with Gasteiger partial charge in [-0.3, -0.25) is 14.9 Å². The Labute approximate surface area is 120 Å². The van der Waals surface area contributed by atoms with Crippen LogP contribution in [0.15, 0.2) is 0 Å². The van der Waals surface area contributed by atoms with Crippen LogP contribution in [0.2, 0.25) is 0 Å². The lowest BCUT2D eigenvalue weighted by Crippen LogP contribution is -2.65. The van der Waals surface area contributed by atoms with Gasteiger partial charge in [0.1, 0.15) is 24.4 Å². The summed E-state index contributed by atoms with van der Waals surface area (Å²) in [7, 11) is 0. The summed E-state index contributed by atoms with van der Waals surface area (Å²) in [5, 5.41) is 49.9. The summed E-state index contributed by atoms with van der Waals surface area (Å²) < 4.78 is 4.86. The minimum absolute atomic E-state index is 0.109. The monoisotopic (exact) mass is 308 g/mol. The Hall–Kier alpha value is -1.30. The Kier molecular flexibility index (Phi) is 6.01. The number of rotatable bonds is 7. The molecule has 1 aliphatic rings. The van der Waals surface area contributed by atoms with E-state index in [1.54, 1.807) is 0 Å². The summed E-state index contributed by atoms with van der Waals surface area (Å²) >= 11 is 0. The first-order valence-electron chi connectivity index (χ1n) is 6.32. The summed E-state index contributed by atoms with van der Waals surface area (Å²) in [6.45, 7) is -0.941. The van der Waals surface area contributed by atoms with Crippen LogP contribution in [-0.2, 0) is 14.3 Å². The zero-order valence-electron chi connectivity index (χ0n) is 11.2. The smallest absolute Gasteiger partial charge is 0.320 e. The number of carbonyl (C=O) groups is 2. The van der Waals surface area contributed by atoms with E-state index in [4.69, 9.17) is 15.6 Å². The van der Waals surface area contributed by atoms with E-state index in [9.17, 15) is 30.0 Å². The number of nitrogens with one attached hydrogen (secondary N) is 1. The topological polar surface area (TPSA) is 183 Å². The first kappa shape index (κ1) is 17.8. The quantitative estimate of drug-likeness (QED) is 0.247. The van der Waals surface area contributed by atoms with Crippen molar-refractivity contribution >= 4 is 11.9 Å². The van der Waals surface area contributed by atoms with Crippen LogP contribution in [0.4, 0.5) is 0 Å². The molecule has 1 heterocycles. The van der Waals surface area contributed by atoms with Gasteiger partial charge in [-0.05, 0) is 6.42 Å². The molecule has 0 aliphatic carbocycles. The molecular formula is C11H20N2O8. The fraction of sp³-hybridized carbons (Fsp3) is 0.818. The number of ether oxygens (including phenoxy) is 1. The average Bonchev–Trinajstić information content (AvgIpc) is 2.40. The highest BCUT2D eigenvalue weighted by molar-refractivity contribution is 5.77. The lowest BCUT2D eigenvalue weighted by atomic mass is 9.96. The Morgan fingerprint density at radius 2 is 2.00 bits per heavy atom. The van der Waals surface area contributed by atoms with E-state index < -0.39 is 55.2 Å². The second-order valence-corrected chi connectivity index (χ2v) is 4.94. The van der Waals surface area contributed by atoms with E-state index >= 15 is 0 Å². The van der Waals surface area contributed by atoms with Crippen molar-refractivity contribution in [1.29, 1.82) is 0 Å². The maximum atomic E-state index is 11.0. The Morgan fingerprint density at radius 1 is 1.38 bits per heavy atom. The molecule has 0 saturated carbocycles. The van der Waals surface area contributed by atoms with Gasteiger partial charge >= 0.3 is 5.97 Å². The minimum atomic E-state index is -2.25. The molecule has 0 aromatic rings. The maximum absolute atomic E-state index is 11.0. The first-order chi connectivity index (χ1) is 9.67. The Bertz CT molecular complexity index is 392. The molecule has 0 radical (unpaired) electrons. The highest BCUT2D eigenvalue weighted by Gasteiger charge is 2.48. The predicted octanol–water partition coefficient (Wildman–Crippen LogP) is -3.90. The molecule has 1 aliphatic heterocycles. The molecule has 5 atom stereocenters. The lowest BCUT2D eigenvalue weighted by Gasteiger charge is -2.42. The third-order valence-electron chi connectivity index (χ3n) is 3.26. The lowest BCUT2D eigenvalue weighted by molar-refractivity contribution is -0.318. The van der Waals surface area contributed by atoms with Gasteiger partial charge in [-0.25, -0.2) is 0 Å². The second-order valence-electron chi connectivity index (χ2n) is 4.94. The first-order valence-corrected chi connectivity index (χ1v) is 6.32. The highest BCUT2D eigenvalue weighted by atomic mass is 16.6. The number of aliphatic hydroxyl groups excluding tert-OH is 3. The molecule has 0 bridgehead atoms. The molecule has 8 N–H and O–H groups in total. The molecule has 1 saturated heterocycles. The molecule has 122 valence electrons. The molecule has 2 unspecified atom stereocenters. The molecular weight excluding hydrogens is 288 g/mol. The van der Waals surface area contributed by atoms with Crippen LogP contribution >= 0.6 is 0 Å². The van der Waals surface area contributed by atoms with Crippen LogP contribution in [0, 0.1) is 0 Å². The number of amides is 1. The van der Waals surface area contributed by atoms with Crippen molar-refractivity contribution in [1.82, 2.24) is 5.32 Å². The summed E-state index contributed by atoms with van der Waals surface area (Å²) in [5.41, 5.74) is 4.93. The third kappa shape index (κ3) is 4.59. The number of carbonyl (C=O) groups excluding carboxylic acids is 1. The van der Waals surface area contributed by atoms with Gasteiger partial charge in [-0.1, -0.05) is 0 Å². The Morgan fingerprint density at radius 3 is 2.52 bits per heavy atom. The van der Waals surface area contributed by atoms with Gasteiger partial charge in [-0.2, -0.15) is 0 Å². The SMILES string of the molecule is NC(=O)CC[C@H](NCC1(O)OC[C@@H](O)[C@H](O)C1O)C(=O)O. The summed E-state index contributed by atoms with van der Waals surface area (Å²) in [4.78, 5) is 21.7. The maximum Gasteiger partial charge on any atom is 0.320 e. The van der Waals surface area contributed by atoms with Crippen molar-refractivity contribution in [2.45, 2.75) is 43.0 Å². The van der Waals surface area contributed by atoms with Crippen molar-refractivity contribution in [3.8, 4) is 0 Å². The van der Waals surface area contributed by atoms with Crippen LogP contribution < -0.4 is 11.1 Å². The summed E-state index contributed by atoms with van der Waals surface area (Å²) in [6.07, 6.45) is -5.08. The molecule has 1 amide bonds. The summed E-state index contributed by atoms with van der Waals surface area (Å²) in [5.74, 6) is -4.20.